The molecule has 1 atom stereocenters. The lowest BCUT2D eigenvalue weighted by atomic mass is 10.1. The maximum atomic E-state index is 13.7. The van der Waals surface area contributed by atoms with E-state index in [2.05, 4.69) is 21.3 Å². The van der Waals surface area contributed by atoms with Crippen molar-refractivity contribution in [2.24, 2.45) is 0 Å². The highest BCUT2D eigenvalue weighted by molar-refractivity contribution is 9.09. The number of hydrogen-bond donors (Lipinski definition) is 0. The second-order valence-corrected chi connectivity index (χ2v) is 5.74. The lowest BCUT2D eigenvalue weighted by molar-refractivity contribution is 0.608. The van der Waals surface area contributed by atoms with Crippen LogP contribution >= 0.6 is 38.9 Å². The molecule has 0 N–H and O–H groups in total. The highest BCUT2D eigenvalue weighted by Crippen LogP contribution is 2.32. The van der Waals surface area contributed by atoms with Crippen molar-refractivity contribution in [3.63, 3.8) is 0 Å². The predicted molar refractivity (Wildman–Crippen MR) is 71.1 cm³/mol. The van der Waals surface area contributed by atoms with Gasteiger partial charge in [0.15, 0.2) is 0 Å². The van der Waals surface area contributed by atoms with Gasteiger partial charge in [-0.25, -0.2) is 4.39 Å². The van der Waals surface area contributed by atoms with Crippen LogP contribution < -0.4 is 0 Å². The molecule has 0 aliphatic rings. The molecule has 1 heterocycles. The fourth-order valence-electron chi connectivity index (χ4n) is 1.49. The summed E-state index contributed by atoms with van der Waals surface area (Å²) in [5.41, 5.74) is 1.81. The van der Waals surface area contributed by atoms with E-state index >= 15 is 0 Å². The summed E-state index contributed by atoms with van der Waals surface area (Å²) in [4.78, 5) is -0.0409. The molecule has 84 valence electrons. The standard InChI is InChI=1S/C12H9BrClFS/c13-10(6-8-4-5-16-7-8)9-2-1-3-11(14)12(9)15/h1-5,7,10H,6H2. The summed E-state index contributed by atoms with van der Waals surface area (Å²) in [6, 6.07) is 7.13. The van der Waals surface area contributed by atoms with Crippen molar-refractivity contribution in [2.75, 3.05) is 0 Å². The highest BCUT2D eigenvalue weighted by atomic mass is 79.9. The molecule has 1 aromatic heterocycles. The smallest absolute Gasteiger partial charge is 0.146 e. The van der Waals surface area contributed by atoms with Crippen molar-refractivity contribution in [1.82, 2.24) is 0 Å². The molecule has 0 amide bonds. The topological polar surface area (TPSA) is 0 Å². The largest absolute Gasteiger partial charge is 0.205 e. The SMILES string of the molecule is Fc1c(Cl)cccc1C(Br)Cc1ccsc1. The Morgan fingerprint density at radius 2 is 2.19 bits per heavy atom. The van der Waals surface area contributed by atoms with Crippen LogP contribution in [0.25, 0.3) is 0 Å². The zero-order chi connectivity index (χ0) is 11.5. The predicted octanol–water partition coefficient (Wildman–Crippen LogP) is 5.22. The quantitative estimate of drug-likeness (QED) is 0.680. The maximum absolute atomic E-state index is 13.7. The summed E-state index contributed by atoms with van der Waals surface area (Å²) in [7, 11) is 0. The molecule has 0 nitrogen and oxygen atoms in total. The first-order chi connectivity index (χ1) is 7.68. The average Bonchev–Trinajstić information content (AvgIpc) is 2.74. The first-order valence-corrected chi connectivity index (χ1v) is 7.01. The summed E-state index contributed by atoms with van der Waals surface area (Å²) in [6.07, 6.45) is 0.765. The van der Waals surface area contributed by atoms with Crippen molar-refractivity contribution in [3.05, 3.63) is 57.0 Å². The van der Waals surface area contributed by atoms with Gasteiger partial charge in [0, 0.05) is 10.4 Å². The van der Waals surface area contributed by atoms with Crippen LogP contribution in [-0.2, 0) is 6.42 Å². The number of alkyl halides is 1. The van der Waals surface area contributed by atoms with Gasteiger partial charge in [-0.3, -0.25) is 0 Å². The highest BCUT2D eigenvalue weighted by Gasteiger charge is 2.15. The molecular formula is C12H9BrClFS. The van der Waals surface area contributed by atoms with Gasteiger partial charge in [0.25, 0.3) is 0 Å². The molecule has 0 radical (unpaired) electrons. The monoisotopic (exact) mass is 318 g/mol. The third-order valence-electron chi connectivity index (χ3n) is 2.31. The molecule has 0 fully saturated rings. The third kappa shape index (κ3) is 2.65. The first kappa shape index (κ1) is 12.1. The fraction of sp³-hybridized carbons (Fsp3) is 0.167. The van der Waals surface area contributed by atoms with E-state index in [1.165, 1.54) is 5.56 Å². The lowest BCUT2D eigenvalue weighted by Crippen LogP contribution is -1.98. The number of hydrogen-bond acceptors (Lipinski definition) is 1. The molecule has 2 aromatic rings. The molecule has 0 saturated heterocycles. The van der Waals surface area contributed by atoms with Gasteiger partial charge in [0.05, 0.1) is 5.02 Å². The van der Waals surface area contributed by atoms with E-state index in [-0.39, 0.29) is 15.7 Å². The van der Waals surface area contributed by atoms with Crippen LogP contribution in [0.1, 0.15) is 16.0 Å². The van der Waals surface area contributed by atoms with Crippen LogP contribution in [0.5, 0.6) is 0 Å². The number of rotatable bonds is 3. The molecule has 1 unspecified atom stereocenters. The van der Waals surface area contributed by atoms with E-state index in [1.54, 1.807) is 29.5 Å². The minimum absolute atomic E-state index is 0.0409. The summed E-state index contributed by atoms with van der Waals surface area (Å²) >= 11 is 10.9. The Hall–Kier alpha value is -0.380. The maximum Gasteiger partial charge on any atom is 0.146 e. The van der Waals surface area contributed by atoms with Crippen LogP contribution in [0.15, 0.2) is 35.0 Å². The van der Waals surface area contributed by atoms with E-state index in [9.17, 15) is 4.39 Å². The molecule has 0 spiro atoms. The van der Waals surface area contributed by atoms with Gasteiger partial charge in [-0.1, -0.05) is 39.7 Å². The molecule has 0 aliphatic carbocycles. The van der Waals surface area contributed by atoms with Crippen LogP contribution in [0.3, 0.4) is 0 Å². The molecule has 16 heavy (non-hydrogen) atoms. The lowest BCUT2D eigenvalue weighted by Gasteiger charge is -2.10. The van der Waals surface area contributed by atoms with Gasteiger partial charge in [-0.15, -0.1) is 0 Å². The second kappa shape index (κ2) is 5.30. The third-order valence-corrected chi connectivity index (χ3v) is 4.15. The van der Waals surface area contributed by atoms with Gasteiger partial charge < -0.3 is 0 Å². The Bertz CT molecular complexity index is 470. The van der Waals surface area contributed by atoms with Crippen molar-refractivity contribution >= 4 is 38.9 Å². The first-order valence-electron chi connectivity index (χ1n) is 4.77. The normalized spacial score (nSPS) is 12.7. The average molecular weight is 320 g/mol. The summed E-state index contributed by atoms with van der Waals surface area (Å²) in [6.45, 7) is 0. The molecular weight excluding hydrogens is 311 g/mol. The van der Waals surface area contributed by atoms with E-state index in [4.69, 9.17) is 11.6 Å². The Kier molecular flexibility index (Phi) is 4.00. The van der Waals surface area contributed by atoms with Gasteiger partial charge in [0.1, 0.15) is 5.82 Å². The summed E-state index contributed by atoms with van der Waals surface area (Å²) < 4.78 is 13.7. The van der Waals surface area contributed by atoms with E-state index < -0.39 is 0 Å². The number of thiophene rings is 1. The van der Waals surface area contributed by atoms with Crippen molar-refractivity contribution < 1.29 is 4.39 Å². The van der Waals surface area contributed by atoms with E-state index in [0.717, 1.165) is 6.42 Å². The second-order valence-electron chi connectivity index (χ2n) is 3.45. The number of halogens is 3. The van der Waals surface area contributed by atoms with E-state index in [0.29, 0.717) is 5.56 Å². The fourth-order valence-corrected chi connectivity index (χ4v) is 3.08. The Labute approximate surface area is 111 Å². The molecule has 0 bridgehead atoms. The van der Waals surface area contributed by atoms with Crippen LogP contribution in [0.2, 0.25) is 5.02 Å². The molecule has 0 saturated carbocycles. The van der Waals surface area contributed by atoms with Crippen LogP contribution in [0, 0.1) is 5.82 Å². The van der Waals surface area contributed by atoms with E-state index in [1.807, 2.05) is 11.4 Å². The van der Waals surface area contributed by atoms with Crippen molar-refractivity contribution in [2.45, 2.75) is 11.2 Å². The van der Waals surface area contributed by atoms with Crippen molar-refractivity contribution in [1.29, 1.82) is 0 Å². The van der Waals surface area contributed by atoms with Gasteiger partial charge in [-0.2, -0.15) is 11.3 Å². The summed E-state index contributed by atoms with van der Waals surface area (Å²) in [5.74, 6) is -0.332. The Balaban J connectivity index is 2.21. The molecule has 0 aliphatic heterocycles. The van der Waals surface area contributed by atoms with Crippen LogP contribution in [0.4, 0.5) is 4.39 Å². The number of benzene rings is 1. The van der Waals surface area contributed by atoms with Gasteiger partial charge in [0.2, 0.25) is 0 Å². The minimum Gasteiger partial charge on any atom is -0.205 e. The van der Waals surface area contributed by atoms with Crippen molar-refractivity contribution in [3.8, 4) is 0 Å². The zero-order valence-electron chi connectivity index (χ0n) is 8.29. The summed E-state index contributed by atoms with van der Waals surface area (Å²) in [5, 5.41) is 4.26. The minimum atomic E-state index is -0.332. The molecule has 4 heteroatoms. The van der Waals surface area contributed by atoms with Gasteiger partial charge >= 0.3 is 0 Å². The van der Waals surface area contributed by atoms with Gasteiger partial charge in [-0.05, 0) is 34.9 Å². The zero-order valence-corrected chi connectivity index (χ0v) is 11.4. The van der Waals surface area contributed by atoms with Crippen LogP contribution in [-0.4, -0.2) is 0 Å². The Morgan fingerprint density at radius 3 is 2.88 bits per heavy atom. The Morgan fingerprint density at radius 1 is 1.38 bits per heavy atom. The molecule has 2 rings (SSSR count). The molecule has 1 aromatic carbocycles.